The van der Waals surface area contributed by atoms with Gasteiger partial charge in [-0.1, -0.05) is 30.5 Å². The fourth-order valence-electron chi connectivity index (χ4n) is 3.51. The van der Waals surface area contributed by atoms with E-state index in [1.807, 2.05) is 6.92 Å². The van der Waals surface area contributed by atoms with Crippen LogP contribution in [0.4, 0.5) is 11.4 Å². The van der Waals surface area contributed by atoms with Crippen molar-refractivity contribution in [1.29, 1.82) is 0 Å². The Morgan fingerprint density at radius 3 is 2.03 bits per heavy atom. The van der Waals surface area contributed by atoms with Gasteiger partial charge < -0.3 is 15.2 Å². The quantitative estimate of drug-likeness (QED) is 0.751. The lowest BCUT2D eigenvalue weighted by Crippen LogP contribution is -2.42. The average molecular weight is 415 g/mol. The Morgan fingerprint density at radius 1 is 0.897 bits per heavy atom. The summed E-state index contributed by atoms with van der Waals surface area (Å²) in [5.41, 5.74) is 1.78. The molecule has 7 nitrogen and oxygen atoms in total. The maximum atomic E-state index is 12.5. The number of amides is 1. The van der Waals surface area contributed by atoms with Crippen molar-refractivity contribution in [2.45, 2.75) is 37.5 Å². The number of hydrogen-bond donors (Lipinski definition) is 2. The SMILES string of the molecule is Cc1ccc(S(=O)(=O)Nc2ccc(NC(=O)[C@H]3CCCC[C@H]3C(=O)[O-])cc2)cc1. The van der Waals surface area contributed by atoms with E-state index in [0.717, 1.165) is 18.4 Å². The van der Waals surface area contributed by atoms with Gasteiger partial charge in [0.1, 0.15) is 0 Å². The van der Waals surface area contributed by atoms with Gasteiger partial charge in [-0.25, -0.2) is 8.42 Å². The molecule has 154 valence electrons. The van der Waals surface area contributed by atoms with E-state index >= 15 is 0 Å². The molecule has 1 amide bonds. The maximum Gasteiger partial charge on any atom is 0.261 e. The Bertz CT molecular complexity index is 985. The first-order valence-electron chi connectivity index (χ1n) is 9.47. The number of carboxylic acids is 1. The average Bonchev–Trinajstić information content (AvgIpc) is 2.69. The number of aryl methyl sites for hydroxylation is 1. The predicted molar refractivity (Wildman–Crippen MR) is 108 cm³/mol. The number of sulfonamides is 1. The number of rotatable bonds is 6. The van der Waals surface area contributed by atoms with Crippen molar-refractivity contribution in [3.8, 4) is 0 Å². The molecule has 8 heteroatoms. The lowest BCUT2D eigenvalue weighted by atomic mass is 9.78. The van der Waals surface area contributed by atoms with E-state index in [9.17, 15) is 23.1 Å². The summed E-state index contributed by atoms with van der Waals surface area (Å²) in [7, 11) is -3.71. The van der Waals surface area contributed by atoms with Crippen LogP contribution in [0.3, 0.4) is 0 Å². The number of benzene rings is 2. The van der Waals surface area contributed by atoms with Gasteiger partial charge in [-0.15, -0.1) is 0 Å². The van der Waals surface area contributed by atoms with Crippen LogP contribution in [-0.4, -0.2) is 20.3 Å². The highest BCUT2D eigenvalue weighted by Gasteiger charge is 2.31. The summed E-state index contributed by atoms with van der Waals surface area (Å²) in [6.45, 7) is 1.87. The molecule has 0 aromatic heterocycles. The van der Waals surface area contributed by atoms with Crippen LogP contribution in [0.5, 0.6) is 0 Å². The first-order chi connectivity index (χ1) is 13.8. The summed E-state index contributed by atoms with van der Waals surface area (Å²) in [6.07, 6.45) is 2.54. The van der Waals surface area contributed by atoms with Gasteiger partial charge in [-0.05, 0) is 56.2 Å². The summed E-state index contributed by atoms with van der Waals surface area (Å²) < 4.78 is 27.4. The summed E-state index contributed by atoms with van der Waals surface area (Å²) in [5, 5.41) is 14.0. The predicted octanol–water partition coefficient (Wildman–Crippen LogP) is 2.29. The van der Waals surface area contributed by atoms with Crippen molar-refractivity contribution < 1.29 is 23.1 Å². The second-order valence-electron chi connectivity index (χ2n) is 7.30. The molecule has 1 fully saturated rings. The Balaban J connectivity index is 1.66. The fraction of sp³-hybridized carbons (Fsp3) is 0.333. The van der Waals surface area contributed by atoms with Gasteiger partial charge in [0.2, 0.25) is 5.91 Å². The third-order valence-corrected chi connectivity index (χ3v) is 6.54. The topological polar surface area (TPSA) is 115 Å². The second kappa shape index (κ2) is 8.65. The second-order valence-corrected chi connectivity index (χ2v) is 8.98. The van der Waals surface area contributed by atoms with Crippen LogP contribution in [-0.2, 0) is 19.6 Å². The van der Waals surface area contributed by atoms with Gasteiger partial charge in [0.05, 0.1) is 4.90 Å². The molecule has 2 aromatic rings. The number of carboxylic acid groups (broad SMARTS) is 1. The van der Waals surface area contributed by atoms with E-state index in [1.165, 1.54) is 12.1 Å². The molecule has 0 heterocycles. The number of anilines is 2. The summed E-state index contributed by atoms with van der Waals surface area (Å²) >= 11 is 0. The molecule has 0 radical (unpaired) electrons. The highest BCUT2D eigenvalue weighted by molar-refractivity contribution is 7.92. The molecule has 2 N–H and O–H groups in total. The zero-order chi connectivity index (χ0) is 21.0. The van der Waals surface area contributed by atoms with Gasteiger partial charge in [-0.3, -0.25) is 9.52 Å². The Hall–Kier alpha value is -2.87. The number of aliphatic carboxylic acids is 1. The van der Waals surface area contributed by atoms with Crippen molar-refractivity contribution in [1.82, 2.24) is 0 Å². The minimum atomic E-state index is -3.71. The molecular weight excluding hydrogens is 392 g/mol. The first-order valence-corrected chi connectivity index (χ1v) is 11.0. The molecule has 1 saturated carbocycles. The first kappa shape index (κ1) is 20.9. The molecular formula is C21H23N2O5S-. The van der Waals surface area contributed by atoms with Crippen molar-refractivity contribution in [3.05, 3.63) is 54.1 Å². The van der Waals surface area contributed by atoms with Crippen LogP contribution in [0, 0.1) is 18.8 Å². The van der Waals surface area contributed by atoms with E-state index in [1.54, 1.807) is 36.4 Å². The van der Waals surface area contributed by atoms with E-state index in [4.69, 9.17) is 0 Å². The minimum Gasteiger partial charge on any atom is -0.550 e. The third-order valence-electron chi connectivity index (χ3n) is 5.14. The van der Waals surface area contributed by atoms with Crippen LogP contribution >= 0.6 is 0 Å². The third kappa shape index (κ3) is 5.14. The minimum absolute atomic E-state index is 0.158. The number of carbonyl (C=O) groups is 2. The Kier molecular flexibility index (Phi) is 6.22. The van der Waals surface area contributed by atoms with Gasteiger partial charge >= 0.3 is 0 Å². The molecule has 0 unspecified atom stereocenters. The van der Waals surface area contributed by atoms with E-state index < -0.39 is 27.8 Å². The van der Waals surface area contributed by atoms with Crippen LogP contribution in [0.2, 0.25) is 0 Å². The van der Waals surface area contributed by atoms with Crippen molar-refractivity contribution in [3.63, 3.8) is 0 Å². The summed E-state index contributed by atoms with van der Waals surface area (Å²) in [6, 6.07) is 12.7. The number of carbonyl (C=O) groups excluding carboxylic acids is 2. The Labute approximate surface area is 170 Å². The van der Waals surface area contributed by atoms with Gasteiger partial charge in [0.15, 0.2) is 0 Å². The zero-order valence-electron chi connectivity index (χ0n) is 16.1. The van der Waals surface area contributed by atoms with Gasteiger partial charge in [0.25, 0.3) is 10.0 Å². The highest BCUT2D eigenvalue weighted by atomic mass is 32.2. The molecule has 1 aliphatic rings. The number of hydrogen-bond acceptors (Lipinski definition) is 5. The molecule has 2 aromatic carbocycles. The normalized spacial score (nSPS) is 19.3. The van der Waals surface area contributed by atoms with Crippen molar-refractivity contribution >= 4 is 33.3 Å². The molecule has 29 heavy (non-hydrogen) atoms. The van der Waals surface area contributed by atoms with E-state index in [-0.39, 0.29) is 10.8 Å². The van der Waals surface area contributed by atoms with Crippen LogP contribution < -0.4 is 15.1 Å². The van der Waals surface area contributed by atoms with Crippen LogP contribution in [0.25, 0.3) is 0 Å². The summed E-state index contributed by atoms with van der Waals surface area (Å²) in [5.74, 6) is -2.93. The largest absolute Gasteiger partial charge is 0.550 e. The van der Waals surface area contributed by atoms with Crippen LogP contribution in [0.15, 0.2) is 53.4 Å². The van der Waals surface area contributed by atoms with E-state index in [0.29, 0.717) is 24.2 Å². The van der Waals surface area contributed by atoms with Gasteiger partial charge in [0, 0.05) is 29.2 Å². The molecule has 0 saturated heterocycles. The lowest BCUT2D eigenvalue weighted by molar-refractivity contribution is -0.313. The monoisotopic (exact) mass is 415 g/mol. The highest BCUT2D eigenvalue weighted by Crippen LogP contribution is 2.31. The molecule has 0 bridgehead atoms. The van der Waals surface area contributed by atoms with E-state index in [2.05, 4.69) is 10.0 Å². The molecule has 2 atom stereocenters. The Morgan fingerprint density at radius 2 is 1.45 bits per heavy atom. The molecule has 1 aliphatic carbocycles. The van der Waals surface area contributed by atoms with Crippen molar-refractivity contribution in [2.24, 2.45) is 11.8 Å². The standard InChI is InChI=1S/C21H24N2O5S/c1-14-6-12-17(13-7-14)29(27,28)23-16-10-8-15(9-11-16)22-20(24)18-4-2-3-5-19(18)21(25)26/h6-13,18-19,23H,2-5H2,1H3,(H,22,24)(H,25,26)/p-1/t18-,19+/m0/s1. The number of nitrogens with one attached hydrogen (secondary N) is 2. The molecule has 3 rings (SSSR count). The van der Waals surface area contributed by atoms with Crippen LogP contribution in [0.1, 0.15) is 31.2 Å². The molecule has 0 spiro atoms. The fourth-order valence-corrected chi connectivity index (χ4v) is 4.57. The maximum absolute atomic E-state index is 12.5. The van der Waals surface area contributed by atoms with Crippen molar-refractivity contribution in [2.75, 3.05) is 10.0 Å². The molecule has 0 aliphatic heterocycles. The lowest BCUT2D eigenvalue weighted by Gasteiger charge is -2.31. The smallest absolute Gasteiger partial charge is 0.261 e. The summed E-state index contributed by atoms with van der Waals surface area (Å²) in [4.78, 5) is 23.9. The van der Waals surface area contributed by atoms with Gasteiger partial charge in [-0.2, -0.15) is 0 Å². The zero-order valence-corrected chi connectivity index (χ0v) is 16.9.